The molecule has 0 aliphatic heterocycles. The molecule has 1 aromatic carbocycles. The molecule has 2 aromatic heterocycles. The second kappa shape index (κ2) is 10.2. The van der Waals surface area contributed by atoms with E-state index in [9.17, 15) is 13.2 Å². The van der Waals surface area contributed by atoms with Crippen LogP contribution in [0, 0.1) is 13.8 Å². The van der Waals surface area contributed by atoms with Crippen molar-refractivity contribution in [1.29, 1.82) is 0 Å². The number of hydrogen-bond donors (Lipinski definition) is 2. The number of imidazole rings is 1. The molecule has 0 bridgehead atoms. The highest BCUT2D eigenvalue weighted by molar-refractivity contribution is 7.89. The minimum absolute atomic E-state index is 0.170. The summed E-state index contributed by atoms with van der Waals surface area (Å²) in [5.74, 6) is 0.738. The number of unbranched alkanes of at least 4 members (excludes halogenated alkanes) is 2. The number of carbonyl (C=O) groups is 1. The molecule has 3 aromatic rings. The zero-order chi connectivity index (χ0) is 23.3. The first kappa shape index (κ1) is 23.9. The van der Waals surface area contributed by atoms with Crippen LogP contribution in [0.1, 0.15) is 62.3 Å². The second-order valence-electron chi connectivity index (χ2n) is 8.15. The molecule has 3 rings (SSSR count). The molecule has 0 fully saturated rings. The number of benzene rings is 1. The van der Waals surface area contributed by atoms with Crippen molar-refractivity contribution in [2.45, 2.75) is 63.8 Å². The molecule has 8 nitrogen and oxygen atoms in total. The Morgan fingerprint density at radius 3 is 2.50 bits per heavy atom. The Hall–Kier alpha value is -2.78. The SMILES string of the molecule is CC(=O)CCCCC[C@H](NS(=O)(=O)c1c(C)nn(C)c1C)c1ncc(-c2ccccc2)[nH]1. The first-order chi connectivity index (χ1) is 15.2. The van der Waals surface area contributed by atoms with Crippen LogP contribution in [0.4, 0.5) is 0 Å². The molecule has 0 aliphatic carbocycles. The van der Waals surface area contributed by atoms with Crippen LogP contribution >= 0.6 is 0 Å². The Morgan fingerprint density at radius 2 is 1.88 bits per heavy atom. The molecule has 0 saturated carbocycles. The third kappa shape index (κ3) is 5.72. The van der Waals surface area contributed by atoms with E-state index in [1.54, 1.807) is 38.7 Å². The van der Waals surface area contributed by atoms with Crippen molar-refractivity contribution in [1.82, 2.24) is 24.5 Å². The first-order valence-corrected chi connectivity index (χ1v) is 12.3. The maximum Gasteiger partial charge on any atom is 0.244 e. The van der Waals surface area contributed by atoms with E-state index in [4.69, 9.17) is 0 Å². The number of aryl methyl sites for hydroxylation is 2. The van der Waals surface area contributed by atoms with Crippen LogP contribution < -0.4 is 4.72 Å². The van der Waals surface area contributed by atoms with Crippen molar-refractivity contribution < 1.29 is 13.2 Å². The van der Waals surface area contributed by atoms with Gasteiger partial charge in [-0.2, -0.15) is 5.10 Å². The third-order valence-electron chi connectivity index (χ3n) is 5.54. The minimum atomic E-state index is -3.81. The Labute approximate surface area is 189 Å². The number of aromatic amines is 1. The van der Waals surface area contributed by atoms with E-state index < -0.39 is 16.1 Å². The standard InChI is InChI=1S/C23H31N5O3S/c1-16(29)11-7-5-10-14-20(23-24-15-21(25-23)19-12-8-6-9-13-19)27-32(30,31)22-17(2)26-28(4)18(22)3/h6,8-9,12-13,15,20,27H,5,7,10-11,14H2,1-4H3,(H,24,25)/t20-/m0/s1. The summed E-state index contributed by atoms with van der Waals surface area (Å²) < 4.78 is 31.0. The van der Waals surface area contributed by atoms with Gasteiger partial charge in [-0.3, -0.25) is 4.68 Å². The molecule has 32 heavy (non-hydrogen) atoms. The largest absolute Gasteiger partial charge is 0.341 e. The van der Waals surface area contributed by atoms with Gasteiger partial charge in [0.1, 0.15) is 16.5 Å². The van der Waals surface area contributed by atoms with Gasteiger partial charge in [-0.05, 0) is 39.2 Å². The lowest BCUT2D eigenvalue weighted by atomic mass is 10.1. The molecule has 1 atom stereocenters. The van der Waals surface area contributed by atoms with E-state index in [0.717, 1.165) is 30.5 Å². The molecule has 0 spiro atoms. The Morgan fingerprint density at radius 1 is 1.16 bits per heavy atom. The van der Waals surface area contributed by atoms with E-state index in [2.05, 4.69) is 19.8 Å². The van der Waals surface area contributed by atoms with Crippen LogP contribution in [0.25, 0.3) is 11.3 Å². The molecule has 0 radical (unpaired) electrons. The highest BCUT2D eigenvalue weighted by atomic mass is 32.2. The van der Waals surface area contributed by atoms with Gasteiger partial charge in [0.15, 0.2) is 0 Å². The number of aromatic nitrogens is 4. The topological polar surface area (TPSA) is 110 Å². The van der Waals surface area contributed by atoms with Crippen LogP contribution in [0.2, 0.25) is 0 Å². The van der Waals surface area contributed by atoms with E-state index in [-0.39, 0.29) is 10.7 Å². The van der Waals surface area contributed by atoms with Crippen molar-refractivity contribution in [3.05, 3.63) is 53.7 Å². The average Bonchev–Trinajstić information content (AvgIpc) is 3.32. The first-order valence-electron chi connectivity index (χ1n) is 10.8. The second-order valence-corrected chi connectivity index (χ2v) is 9.80. The van der Waals surface area contributed by atoms with E-state index in [1.807, 2.05) is 30.3 Å². The van der Waals surface area contributed by atoms with Crippen molar-refractivity contribution in [2.24, 2.45) is 7.05 Å². The summed E-state index contributed by atoms with van der Waals surface area (Å²) in [5, 5.41) is 4.25. The lowest BCUT2D eigenvalue weighted by Crippen LogP contribution is -2.30. The maximum absolute atomic E-state index is 13.3. The van der Waals surface area contributed by atoms with Crippen molar-refractivity contribution in [3.63, 3.8) is 0 Å². The normalized spacial score (nSPS) is 12.8. The highest BCUT2D eigenvalue weighted by Gasteiger charge is 2.28. The minimum Gasteiger partial charge on any atom is -0.341 e. The lowest BCUT2D eigenvalue weighted by molar-refractivity contribution is -0.117. The van der Waals surface area contributed by atoms with Gasteiger partial charge in [0, 0.05) is 13.5 Å². The van der Waals surface area contributed by atoms with Crippen molar-refractivity contribution >= 4 is 15.8 Å². The number of ketones is 1. The highest BCUT2D eigenvalue weighted by Crippen LogP contribution is 2.26. The third-order valence-corrected chi connectivity index (χ3v) is 7.26. The summed E-state index contributed by atoms with van der Waals surface area (Å²) in [6.07, 6.45) is 5.24. The average molecular weight is 458 g/mol. The van der Waals surface area contributed by atoms with Gasteiger partial charge in [0.25, 0.3) is 0 Å². The van der Waals surface area contributed by atoms with Gasteiger partial charge in [-0.1, -0.05) is 43.2 Å². The molecule has 2 N–H and O–H groups in total. The fraction of sp³-hybridized carbons (Fsp3) is 0.435. The summed E-state index contributed by atoms with van der Waals surface area (Å²) >= 11 is 0. The number of Topliss-reactive ketones (excluding diaryl/α,β-unsaturated/α-hetero) is 1. The fourth-order valence-corrected chi connectivity index (χ4v) is 5.49. The molecular weight excluding hydrogens is 426 g/mol. The van der Waals surface area contributed by atoms with Crippen molar-refractivity contribution in [2.75, 3.05) is 0 Å². The Bertz CT molecular complexity index is 1170. The molecule has 0 saturated heterocycles. The van der Waals surface area contributed by atoms with Crippen LogP contribution in [0.15, 0.2) is 41.4 Å². The van der Waals surface area contributed by atoms with E-state index in [0.29, 0.717) is 30.1 Å². The van der Waals surface area contributed by atoms with Gasteiger partial charge in [0.05, 0.1) is 29.3 Å². The Kier molecular flexibility index (Phi) is 7.63. The number of nitrogens with zero attached hydrogens (tertiary/aromatic N) is 3. The predicted molar refractivity (Wildman–Crippen MR) is 124 cm³/mol. The summed E-state index contributed by atoms with van der Waals surface area (Å²) in [4.78, 5) is 19.2. The molecule has 0 amide bonds. The number of carbonyl (C=O) groups excluding carboxylic acids is 1. The quantitative estimate of drug-likeness (QED) is 0.423. The van der Waals surface area contributed by atoms with E-state index >= 15 is 0 Å². The Balaban J connectivity index is 1.84. The maximum atomic E-state index is 13.3. The van der Waals surface area contributed by atoms with Gasteiger partial charge in [0.2, 0.25) is 10.0 Å². The summed E-state index contributed by atoms with van der Waals surface area (Å²) in [6.45, 7) is 5.02. The van der Waals surface area contributed by atoms with Crippen molar-refractivity contribution in [3.8, 4) is 11.3 Å². The zero-order valence-electron chi connectivity index (χ0n) is 19.1. The van der Waals surface area contributed by atoms with Crippen LogP contribution in [-0.4, -0.2) is 33.9 Å². The predicted octanol–water partition coefficient (Wildman–Crippen LogP) is 3.99. The van der Waals surface area contributed by atoms with Crippen LogP contribution in [-0.2, 0) is 21.9 Å². The van der Waals surface area contributed by atoms with Gasteiger partial charge < -0.3 is 9.78 Å². The number of sulfonamides is 1. The fourth-order valence-electron chi connectivity index (χ4n) is 3.82. The lowest BCUT2D eigenvalue weighted by Gasteiger charge is -2.17. The molecule has 0 aliphatic rings. The van der Waals surface area contributed by atoms with E-state index in [1.165, 1.54) is 0 Å². The summed E-state index contributed by atoms with van der Waals surface area (Å²) in [5.41, 5.74) is 2.85. The molecule has 172 valence electrons. The van der Waals surface area contributed by atoms with Crippen LogP contribution in [0.5, 0.6) is 0 Å². The molecule has 2 heterocycles. The van der Waals surface area contributed by atoms with Gasteiger partial charge >= 0.3 is 0 Å². The number of rotatable bonds is 11. The number of nitrogens with one attached hydrogen (secondary N) is 2. The molecule has 0 unspecified atom stereocenters. The van der Waals surface area contributed by atoms with Crippen LogP contribution in [0.3, 0.4) is 0 Å². The van der Waals surface area contributed by atoms with Gasteiger partial charge in [-0.15, -0.1) is 0 Å². The van der Waals surface area contributed by atoms with Gasteiger partial charge in [-0.25, -0.2) is 18.1 Å². The number of H-pyrrole nitrogens is 1. The summed E-state index contributed by atoms with van der Waals surface area (Å²) in [6, 6.07) is 9.25. The summed E-state index contributed by atoms with van der Waals surface area (Å²) in [7, 11) is -2.08. The zero-order valence-corrected chi connectivity index (χ0v) is 19.9. The number of hydrogen-bond acceptors (Lipinski definition) is 5. The monoisotopic (exact) mass is 457 g/mol. The molecule has 9 heteroatoms. The smallest absolute Gasteiger partial charge is 0.244 e. The molecular formula is C23H31N5O3S.